The molecule has 0 radical (unpaired) electrons. The highest BCUT2D eigenvalue weighted by atomic mass is 32.2. The van der Waals surface area contributed by atoms with E-state index < -0.39 is 0 Å². The van der Waals surface area contributed by atoms with Gasteiger partial charge in [0.15, 0.2) is 0 Å². The van der Waals surface area contributed by atoms with Gasteiger partial charge < -0.3 is 5.73 Å². The van der Waals surface area contributed by atoms with Crippen molar-refractivity contribution in [2.45, 2.75) is 31.2 Å². The molecule has 0 aliphatic carbocycles. The van der Waals surface area contributed by atoms with E-state index in [9.17, 15) is 4.39 Å². The van der Waals surface area contributed by atoms with Gasteiger partial charge in [-0.2, -0.15) is 0 Å². The summed E-state index contributed by atoms with van der Waals surface area (Å²) in [5.41, 5.74) is 8.16. The second-order valence-corrected chi connectivity index (χ2v) is 7.82. The number of aromatic nitrogens is 2. The van der Waals surface area contributed by atoms with Gasteiger partial charge in [0.2, 0.25) is 0 Å². The molecule has 0 aliphatic rings. The lowest BCUT2D eigenvalue weighted by molar-refractivity contribution is 0.535. The quantitative estimate of drug-likeness (QED) is 0.640. The normalized spacial score (nSPS) is 11.5. The van der Waals surface area contributed by atoms with E-state index in [1.54, 1.807) is 18.0 Å². The molecule has 0 bridgehead atoms. The number of nitrogens with one attached hydrogen (secondary N) is 1. The summed E-state index contributed by atoms with van der Waals surface area (Å²) in [4.78, 5) is 9.16. The van der Waals surface area contributed by atoms with Gasteiger partial charge in [-0.05, 0) is 62.0 Å². The Morgan fingerprint density at radius 3 is 2.42 bits per heavy atom. The summed E-state index contributed by atoms with van der Waals surface area (Å²) in [5, 5.41) is 0. The number of nitrogens with zero attached hydrogens (tertiary/aromatic N) is 2. The molecule has 26 heavy (non-hydrogen) atoms. The fraction of sp³-hybridized carbons (Fsp3) is 0.200. The Balaban J connectivity index is 1.93. The molecule has 134 valence electrons. The van der Waals surface area contributed by atoms with Crippen LogP contribution in [0.5, 0.6) is 0 Å². The van der Waals surface area contributed by atoms with Crippen LogP contribution in [0.4, 0.5) is 10.2 Å². The maximum Gasteiger partial charge on any atom is 0.141 e. The van der Waals surface area contributed by atoms with Crippen LogP contribution in [0.1, 0.15) is 20.8 Å². The maximum absolute atomic E-state index is 14.7. The van der Waals surface area contributed by atoms with Gasteiger partial charge in [0.1, 0.15) is 11.6 Å². The van der Waals surface area contributed by atoms with Crippen molar-refractivity contribution >= 4 is 17.8 Å². The summed E-state index contributed by atoms with van der Waals surface area (Å²) >= 11 is 1.55. The number of nitrogens with two attached hydrogens (primary N) is 1. The summed E-state index contributed by atoms with van der Waals surface area (Å²) in [5.74, 6) is -0.0340. The molecule has 1 heterocycles. The number of halogens is 1. The number of anilines is 1. The molecule has 0 atom stereocenters. The third-order valence-electron chi connectivity index (χ3n) is 3.58. The van der Waals surface area contributed by atoms with E-state index in [0.717, 1.165) is 16.0 Å². The third-order valence-corrected chi connectivity index (χ3v) is 4.87. The van der Waals surface area contributed by atoms with Crippen molar-refractivity contribution in [3.63, 3.8) is 0 Å². The summed E-state index contributed by atoms with van der Waals surface area (Å²) in [6, 6.07) is 13.1. The van der Waals surface area contributed by atoms with Gasteiger partial charge in [0, 0.05) is 16.0 Å². The molecule has 0 fully saturated rings. The molecule has 3 N–H and O–H groups in total. The van der Waals surface area contributed by atoms with Crippen LogP contribution in [-0.2, 0) is 0 Å². The van der Waals surface area contributed by atoms with E-state index in [1.165, 1.54) is 18.5 Å². The molecule has 0 spiro atoms. The first-order valence-electron chi connectivity index (χ1n) is 8.24. The first-order valence-corrected chi connectivity index (χ1v) is 9.06. The SMILES string of the molecule is CC(C)(C)NSc1ccccc1-c1ccc(-c2cnc(N)cn2)c(F)c1. The summed E-state index contributed by atoms with van der Waals surface area (Å²) in [7, 11) is 0. The molecule has 0 unspecified atom stereocenters. The third kappa shape index (κ3) is 4.39. The summed E-state index contributed by atoms with van der Waals surface area (Å²) in [6.45, 7) is 6.31. The highest BCUT2D eigenvalue weighted by Crippen LogP contribution is 2.33. The molecule has 1 aromatic heterocycles. The van der Waals surface area contributed by atoms with Gasteiger partial charge in [0.25, 0.3) is 0 Å². The van der Waals surface area contributed by atoms with Crippen molar-refractivity contribution in [3.8, 4) is 22.4 Å². The predicted octanol–water partition coefficient (Wildman–Crippen LogP) is 4.93. The topological polar surface area (TPSA) is 63.8 Å². The summed E-state index contributed by atoms with van der Waals surface area (Å²) < 4.78 is 18.1. The lowest BCUT2D eigenvalue weighted by Gasteiger charge is -2.20. The van der Waals surface area contributed by atoms with Crippen LogP contribution in [0.15, 0.2) is 59.8 Å². The van der Waals surface area contributed by atoms with E-state index in [-0.39, 0.29) is 11.4 Å². The van der Waals surface area contributed by atoms with Crippen molar-refractivity contribution in [2.75, 3.05) is 5.73 Å². The predicted molar refractivity (Wildman–Crippen MR) is 106 cm³/mol. The van der Waals surface area contributed by atoms with Gasteiger partial charge in [-0.15, -0.1) is 0 Å². The van der Waals surface area contributed by atoms with Gasteiger partial charge in [-0.3, -0.25) is 9.71 Å². The van der Waals surface area contributed by atoms with Crippen LogP contribution in [0.3, 0.4) is 0 Å². The zero-order valence-electron chi connectivity index (χ0n) is 15.0. The summed E-state index contributed by atoms with van der Waals surface area (Å²) in [6.07, 6.45) is 2.90. The van der Waals surface area contributed by atoms with Gasteiger partial charge in [-0.25, -0.2) is 9.37 Å². The van der Waals surface area contributed by atoms with Crippen LogP contribution in [0.25, 0.3) is 22.4 Å². The van der Waals surface area contributed by atoms with Crippen LogP contribution in [-0.4, -0.2) is 15.5 Å². The fourth-order valence-electron chi connectivity index (χ4n) is 2.37. The minimum absolute atomic E-state index is 0.0271. The van der Waals surface area contributed by atoms with Crippen LogP contribution in [0, 0.1) is 5.82 Å². The maximum atomic E-state index is 14.7. The Bertz CT molecular complexity index is 904. The molecular formula is C20H21FN4S. The van der Waals surface area contributed by atoms with Gasteiger partial charge >= 0.3 is 0 Å². The highest BCUT2D eigenvalue weighted by Gasteiger charge is 2.14. The molecule has 0 saturated carbocycles. The molecule has 3 rings (SSSR count). The van der Waals surface area contributed by atoms with E-state index >= 15 is 0 Å². The largest absolute Gasteiger partial charge is 0.382 e. The molecule has 0 aliphatic heterocycles. The van der Waals surface area contributed by atoms with E-state index in [4.69, 9.17) is 5.73 Å². The van der Waals surface area contributed by atoms with Crippen LogP contribution >= 0.6 is 11.9 Å². The Labute approximate surface area is 157 Å². The molecule has 3 aromatic rings. The van der Waals surface area contributed by atoms with Crippen LogP contribution < -0.4 is 10.5 Å². The number of hydrogen-bond donors (Lipinski definition) is 2. The number of hydrogen-bond acceptors (Lipinski definition) is 5. The lowest BCUT2D eigenvalue weighted by Crippen LogP contribution is -2.29. The molecule has 4 nitrogen and oxygen atoms in total. The monoisotopic (exact) mass is 368 g/mol. The average Bonchev–Trinajstić information content (AvgIpc) is 2.60. The fourth-order valence-corrected chi connectivity index (χ4v) is 3.23. The molecule has 2 aromatic carbocycles. The van der Waals surface area contributed by atoms with Crippen molar-refractivity contribution < 1.29 is 4.39 Å². The van der Waals surface area contributed by atoms with Crippen molar-refractivity contribution in [3.05, 3.63) is 60.7 Å². The van der Waals surface area contributed by atoms with Crippen molar-refractivity contribution in [1.29, 1.82) is 0 Å². The van der Waals surface area contributed by atoms with Crippen LogP contribution in [0.2, 0.25) is 0 Å². The number of nitrogen functional groups attached to an aromatic ring is 1. The van der Waals surface area contributed by atoms with Crippen molar-refractivity contribution in [1.82, 2.24) is 14.7 Å². The second kappa shape index (κ2) is 7.43. The standard InChI is InChI=1S/C20H21FN4S/c1-20(2,3)25-26-18-7-5-4-6-14(18)13-8-9-15(16(21)10-13)17-11-24-19(22)12-23-17/h4-12,25H,1-3H3,(H2,22,24). The second-order valence-electron chi connectivity index (χ2n) is 6.97. The smallest absolute Gasteiger partial charge is 0.141 e. The van der Waals surface area contributed by atoms with E-state index in [1.807, 2.05) is 30.3 Å². The van der Waals surface area contributed by atoms with E-state index in [2.05, 4.69) is 35.5 Å². The van der Waals surface area contributed by atoms with Crippen molar-refractivity contribution in [2.24, 2.45) is 0 Å². The van der Waals surface area contributed by atoms with Gasteiger partial charge in [-0.1, -0.05) is 24.3 Å². The Kier molecular flexibility index (Phi) is 5.25. The van der Waals surface area contributed by atoms with E-state index in [0.29, 0.717) is 17.1 Å². The first-order chi connectivity index (χ1) is 12.3. The molecule has 0 amide bonds. The highest BCUT2D eigenvalue weighted by molar-refractivity contribution is 7.97. The van der Waals surface area contributed by atoms with Gasteiger partial charge in [0.05, 0.1) is 18.1 Å². The minimum Gasteiger partial charge on any atom is -0.382 e. The molecule has 0 saturated heterocycles. The molecule has 6 heteroatoms. The zero-order valence-corrected chi connectivity index (χ0v) is 15.8. The minimum atomic E-state index is -0.342. The first kappa shape index (κ1) is 18.4. The molecular weight excluding hydrogens is 347 g/mol. The zero-order chi connectivity index (χ0) is 18.7. The average molecular weight is 368 g/mol. The Morgan fingerprint density at radius 2 is 1.77 bits per heavy atom. The Morgan fingerprint density at radius 1 is 1.00 bits per heavy atom. The number of rotatable bonds is 4. The lowest BCUT2D eigenvalue weighted by atomic mass is 10.0. The Hall–Kier alpha value is -2.44. The number of benzene rings is 2.